The number of carboxylic acids is 1. The number of carboxylic acid groups (broad SMARTS) is 1. The van der Waals surface area contributed by atoms with Crippen LogP contribution in [-0.4, -0.2) is 52.0 Å². The minimum atomic E-state index is -0.970. The molecule has 1 fully saturated rings. The molecule has 19 heavy (non-hydrogen) atoms. The van der Waals surface area contributed by atoms with Crippen molar-refractivity contribution in [3.05, 3.63) is 12.2 Å². The average Bonchev–Trinajstić information content (AvgIpc) is 2.31. The van der Waals surface area contributed by atoms with E-state index in [1.165, 1.54) is 0 Å². The van der Waals surface area contributed by atoms with E-state index in [-0.39, 0.29) is 18.6 Å². The van der Waals surface area contributed by atoms with Gasteiger partial charge in [-0.2, -0.15) is 0 Å². The summed E-state index contributed by atoms with van der Waals surface area (Å²) >= 11 is 0. The maximum atomic E-state index is 10.3. The molecule has 0 aromatic heterocycles. The number of hydrogen-bond acceptors (Lipinski definition) is 5. The van der Waals surface area contributed by atoms with Crippen molar-refractivity contribution < 1.29 is 29.6 Å². The third kappa shape index (κ3) is 5.69. The normalized spacial score (nSPS) is 33.5. The van der Waals surface area contributed by atoms with Crippen molar-refractivity contribution in [3.63, 3.8) is 0 Å². The van der Waals surface area contributed by atoms with Gasteiger partial charge in [-0.3, -0.25) is 0 Å². The first-order chi connectivity index (χ1) is 8.90. The Hall–Kier alpha value is -0.950. The van der Waals surface area contributed by atoms with Gasteiger partial charge in [-0.1, -0.05) is 6.08 Å². The van der Waals surface area contributed by atoms with Crippen molar-refractivity contribution >= 4 is 5.97 Å². The topological polar surface area (TPSA) is 96.2 Å². The van der Waals surface area contributed by atoms with Crippen LogP contribution >= 0.6 is 0 Å². The molecule has 0 bridgehead atoms. The van der Waals surface area contributed by atoms with Crippen LogP contribution < -0.4 is 0 Å². The maximum Gasteiger partial charge on any atom is 0.327 e. The van der Waals surface area contributed by atoms with Gasteiger partial charge >= 0.3 is 5.97 Å². The quantitative estimate of drug-likeness (QED) is 0.616. The van der Waals surface area contributed by atoms with Gasteiger partial charge in [-0.25, -0.2) is 4.79 Å². The summed E-state index contributed by atoms with van der Waals surface area (Å²) in [5, 5.41) is 27.7. The van der Waals surface area contributed by atoms with E-state index >= 15 is 0 Å². The number of allylic oxidation sites excluding steroid dienone is 1. The second-order valence-electron chi connectivity index (χ2n) is 4.84. The van der Waals surface area contributed by atoms with Crippen molar-refractivity contribution in [2.24, 2.45) is 0 Å². The van der Waals surface area contributed by atoms with Crippen molar-refractivity contribution in [2.45, 2.75) is 63.8 Å². The predicted octanol–water partition coefficient (Wildman–Crippen LogP) is 0.669. The second-order valence-corrected chi connectivity index (χ2v) is 4.84. The smallest absolute Gasteiger partial charge is 0.327 e. The van der Waals surface area contributed by atoms with E-state index in [1.54, 1.807) is 13.0 Å². The Labute approximate surface area is 112 Å². The summed E-state index contributed by atoms with van der Waals surface area (Å²) in [6, 6.07) is 0. The molecule has 1 saturated heterocycles. The molecule has 1 heterocycles. The second kappa shape index (κ2) is 7.59. The fourth-order valence-electron chi connectivity index (χ4n) is 1.88. The molecule has 110 valence electrons. The summed E-state index contributed by atoms with van der Waals surface area (Å²) in [5.41, 5.74) is 0. The van der Waals surface area contributed by atoms with E-state index in [1.807, 2.05) is 6.92 Å². The Morgan fingerprint density at radius 2 is 2.16 bits per heavy atom. The first-order valence-electron chi connectivity index (χ1n) is 6.46. The van der Waals surface area contributed by atoms with Crippen LogP contribution in [0.5, 0.6) is 0 Å². The molecular weight excluding hydrogens is 252 g/mol. The molecule has 3 N–H and O–H groups in total. The van der Waals surface area contributed by atoms with E-state index in [0.29, 0.717) is 12.8 Å². The van der Waals surface area contributed by atoms with Gasteiger partial charge in [0.25, 0.3) is 0 Å². The van der Waals surface area contributed by atoms with Crippen LogP contribution in [0, 0.1) is 0 Å². The lowest BCUT2D eigenvalue weighted by Gasteiger charge is -2.36. The predicted molar refractivity (Wildman–Crippen MR) is 67.5 cm³/mol. The van der Waals surface area contributed by atoms with Crippen LogP contribution in [0.15, 0.2) is 12.2 Å². The summed E-state index contributed by atoms with van der Waals surface area (Å²) in [6.45, 7) is 3.56. The van der Waals surface area contributed by atoms with Gasteiger partial charge in [0.15, 0.2) is 6.29 Å². The molecule has 0 radical (unpaired) electrons. The van der Waals surface area contributed by atoms with E-state index in [0.717, 1.165) is 6.08 Å². The first kappa shape index (κ1) is 16.1. The van der Waals surface area contributed by atoms with Crippen molar-refractivity contribution in [3.8, 4) is 0 Å². The fraction of sp³-hybridized carbons (Fsp3) is 0.769. The molecule has 0 aliphatic carbocycles. The zero-order valence-electron chi connectivity index (χ0n) is 11.2. The number of aliphatic hydroxyl groups is 2. The number of carbonyl (C=O) groups is 1. The van der Waals surface area contributed by atoms with Crippen molar-refractivity contribution in [2.75, 3.05) is 0 Å². The highest BCUT2D eigenvalue weighted by Gasteiger charge is 2.35. The van der Waals surface area contributed by atoms with Gasteiger partial charge in [0.05, 0.1) is 18.3 Å². The van der Waals surface area contributed by atoms with E-state index in [4.69, 9.17) is 14.6 Å². The minimum Gasteiger partial charge on any atom is -0.478 e. The monoisotopic (exact) mass is 274 g/mol. The van der Waals surface area contributed by atoms with Gasteiger partial charge in [0.2, 0.25) is 0 Å². The van der Waals surface area contributed by atoms with Gasteiger partial charge in [-0.15, -0.1) is 0 Å². The summed E-state index contributed by atoms with van der Waals surface area (Å²) in [4.78, 5) is 10.3. The lowest BCUT2D eigenvalue weighted by atomic mass is 10.0. The molecule has 1 rings (SSSR count). The van der Waals surface area contributed by atoms with Crippen LogP contribution in [-0.2, 0) is 14.3 Å². The van der Waals surface area contributed by atoms with E-state index in [2.05, 4.69) is 0 Å². The molecule has 1 aliphatic heterocycles. The summed E-state index contributed by atoms with van der Waals surface area (Å²) in [5.74, 6) is -0.970. The average molecular weight is 274 g/mol. The Balaban J connectivity index is 2.31. The highest BCUT2D eigenvalue weighted by molar-refractivity contribution is 5.79. The van der Waals surface area contributed by atoms with Crippen LogP contribution in [0.1, 0.15) is 33.1 Å². The van der Waals surface area contributed by atoms with Crippen LogP contribution in [0.3, 0.4) is 0 Å². The molecule has 6 nitrogen and oxygen atoms in total. The number of aliphatic carboxylic acids is 1. The largest absolute Gasteiger partial charge is 0.478 e. The molecule has 0 amide bonds. The van der Waals surface area contributed by atoms with Crippen LogP contribution in [0.2, 0.25) is 0 Å². The SMILES string of the molecule is CC1O[C@@H](O[C@H](C)CC/C=C/C(=O)O)C(O)C[C@H]1O. The minimum absolute atomic E-state index is 0.166. The molecule has 0 aromatic carbocycles. The van der Waals surface area contributed by atoms with Crippen molar-refractivity contribution in [1.29, 1.82) is 0 Å². The molecule has 5 atom stereocenters. The third-order valence-electron chi connectivity index (χ3n) is 3.05. The van der Waals surface area contributed by atoms with Gasteiger partial charge < -0.3 is 24.8 Å². The number of aliphatic hydroxyl groups excluding tert-OH is 2. The highest BCUT2D eigenvalue weighted by Crippen LogP contribution is 2.22. The third-order valence-corrected chi connectivity index (χ3v) is 3.05. The molecular formula is C13H22O6. The lowest BCUT2D eigenvalue weighted by Crippen LogP contribution is -2.48. The Kier molecular flexibility index (Phi) is 6.44. The maximum absolute atomic E-state index is 10.3. The molecule has 0 aromatic rings. The zero-order valence-corrected chi connectivity index (χ0v) is 11.2. The lowest BCUT2D eigenvalue weighted by molar-refractivity contribution is -0.273. The summed E-state index contributed by atoms with van der Waals surface area (Å²) < 4.78 is 11.0. The molecule has 0 spiro atoms. The fourth-order valence-corrected chi connectivity index (χ4v) is 1.88. The summed E-state index contributed by atoms with van der Waals surface area (Å²) in [7, 11) is 0. The Bertz CT molecular complexity index is 316. The van der Waals surface area contributed by atoms with Gasteiger partial charge in [0, 0.05) is 12.5 Å². The number of rotatable bonds is 6. The van der Waals surface area contributed by atoms with E-state index in [9.17, 15) is 15.0 Å². The van der Waals surface area contributed by atoms with Crippen LogP contribution in [0.25, 0.3) is 0 Å². The number of hydrogen-bond donors (Lipinski definition) is 3. The standard InChI is InChI=1S/C13H22O6/c1-8(5-3-4-6-12(16)17)18-13-11(15)7-10(14)9(2)19-13/h4,6,8-11,13-15H,3,5,7H2,1-2H3,(H,16,17)/b6-4+/t8-,9?,10-,11?,13-/m1/s1. The Morgan fingerprint density at radius 1 is 1.47 bits per heavy atom. The molecule has 1 aliphatic rings. The van der Waals surface area contributed by atoms with Gasteiger partial charge in [-0.05, 0) is 26.7 Å². The van der Waals surface area contributed by atoms with E-state index < -0.39 is 24.5 Å². The zero-order chi connectivity index (χ0) is 14.4. The molecule has 2 unspecified atom stereocenters. The molecule has 6 heteroatoms. The van der Waals surface area contributed by atoms with Gasteiger partial charge in [0.1, 0.15) is 6.10 Å². The molecule has 0 saturated carbocycles. The Morgan fingerprint density at radius 3 is 2.79 bits per heavy atom. The van der Waals surface area contributed by atoms with Crippen LogP contribution in [0.4, 0.5) is 0 Å². The number of ether oxygens (including phenoxy) is 2. The van der Waals surface area contributed by atoms with Crippen molar-refractivity contribution in [1.82, 2.24) is 0 Å². The highest BCUT2D eigenvalue weighted by atomic mass is 16.7. The summed E-state index contributed by atoms with van der Waals surface area (Å²) in [6.07, 6.45) is 1.31. The first-order valence-corrected chi connectivity index (χ1v) is 6.46.